The highest BCUT2D eigenvalue weighted by Gasteiger charge is 2.36. The zero-order chi connectivity index (χ0) is 12.4. The first-order valence-corrected chi connectivity index (χ1v) is 7.19. The van der Waals surface area contributed by atoms with E-state index in [1.165, 1.54) is 4.90 Å². The number of carbonyl (C=O) groups is 2. The van der Waals surface area contributed by atoms with Crippen molar-refractivity contribution in [2.45, 2.75) is 18.9 Å². The van der Waals surface area contributed by atoms with E-state index in [9.17, 15) is 13.8 Å². The molecule has 0 radical (unpaired) electrons. The van der Waals surface area contributed by atoms with E-state index in [1.54, 1.807) is 4.90 Å². The van der Waals surface area contributed by atoms with Crippen molar-refractivity contribution >= 4 is 22.8 Å². The Morgan fingerprint density at radius 3 is 2.35 bits per heavy atom. The highest BCUT2D eigenvalue weighted by molar-refractivity contribution is 7.85. The second-order valence-electron chi connectivity index (χ2n) is 4.37. The number of carboxylic acids is 1. The van der Waals surface area contributed by atoms with Gasteiger partial charge in [-0.15, -0.1) is 0 Å². The minimum absolute atomic E-state index is 0.0889. The monoisotopic (exact) mass is 260 g/mol. The minimum Gasteiger partial charge on any atom is -0.480 e. The molecule has 2 rings (SSSR count). The first kappa shape index (κ1) is 12.3. The van der Waals surface area contributed by atoms with Crippen LogP contribution in [0.25, 0.3) is 0 Å². The molecule has 1 aliphatic carbocycles. The number of hydrogen-bond acceptors (Lipinski definition) is 3. The molecular formula is C10H16N2O4S. The summed E-state index contributed by atoms with van der Waals surface area (Å²) < 4.78 is 11.2. The van der Waals surface area contributed by atoms with Gasteiger partial charge in [-0.05, 0) is 12.8 Å². The summed E-state index contributed by atoms with van der Waals surface area (Å²) >= 11 is 0. The fourth-order valence-corrected chi connectivity index (χ4v) is 2.95. The normalized spacial score (nSPS) is 21.3. The maximum Gasteiger partial charge on any atom is 0.323 e. The average Bonchev–Trinajstić information content (AvgIpc) is 3.09. The molecule has 2 amide bonds. The van der Waals surface area contributed by atoms with Gasteiger partial charge in [0, 0.05) is 41.4 Å². The quantitative estimate of drug-likeness (QED) is 0.757. The van der Waals surface area contributed by atoms with Crippen LogP contribution in [0.15, 0.2) is 0 Å². The van der Waals surface area contributed by atoms with Crippen molar-refractivity contribution in [2.24, 2.45) is 0 Å². The van der Waals surface area contributed by atoms with E-state index in [2.05, 4.69) is 0 Å². The first-order chi connectivity index (χ1) is 8.08. The van der Waals surface area contributed by atoms with E-state index in [4.69, 9.17) is 5.11 Å². The SMILES string of the molecule is O=C(O)CN(C(=O)N1CCS(=O)CC1)C1CC1. The maximum atomic E-state index is 12.1. The van der Waals surface area contributed by atoms with E-state index < -0.39 is 16.8 Å². The van der Waals surface area contributed by atoms with Crippen molar-refractivity contribution in [2.75, 3.05) is 31.1 Å². The lowest BCUT2D eigenvalue weighted by Crippen LogP contribution is -2.50. The van der Waals surface area contributed by atoms with Gasteiger partial charge in [-0.2, -0.15) is 0 Å². The van der Waals surface area contributed by atoms with E-state index in [0.717, 1.165) is 12.8 Å². The van der Waals surface area contributed by atoms with E-state index >= 15 is 0 Å². The Kier molecular flexibility index (Phi) is 3.66. The van der Waals surface area contributed by atoms with Crippen LogP contribution in [0.5, 0.6) is 0 Å². The predicted octanol–water partition coefficient (Wildman–Crippen LogP) is -0.280. The lowest BCUT2D eigenvalue weighted by molar-refractivity contribution is -0.137. The molecule has 0 atom stereocenters. The molecular weight excluding hydrogens is 244 g/mol. The van der Waals surface area contributed by atoms with Gasteiger partial charge in [0.15, 0.2) is 0 Å². The lowest BCUT2D eigenvalue weighted by atomic mass is 10.4. The van der Waals surface area contributed by atoms with Gasteiger partial charge in [0.05, 0.1) is 0 Å². The summed E-state index contributed by atoms with van der Waals surface area (Å²) in [5.41, 5.74) is 0. The van der Waals surface area contributed by atoms with Crippen LogP contribution in [0.4, 0.5) is 4.79 Å². The number of carbonyl (C=O) groups excluding carboxylic acids is 1. The van der Waals surface area contributed by atoms with Gasteiger partial charge in [0.25, 0.3) is 0 Å². The molecule has 2 aliphatic rings. The number of urea groups is 1. The van der Waals surface area contributed by atoms with Crippen molar-refractivity contribution in [3.63, 3.8) is 0 Å². The topological polar surface area (TPSA) is 77.9 Å². The smallest absolute Gasteiger partial charge is 0.323 e. The van der Waals surface area contributed by atoms with Crippen molar-refractivity contribution in [3.05, 3.63) is 0 Å². The van der Waals surface area contributed by atoms with Crippen LogP contribution < -0.4 is 0 Å². The Bertz CT molecular complexity index is 346. The summed E-state index contributed by atoms with van der Waals surface area (Å²) in [5.74, 6) is 0.0140. The molecule has 96 valence electrons. The molecule has 0 unspecified atom stereocenters. The van der Waals surface area contributed by atoms with Gasteiger partial charge < -0.3 is 14.9 Å². The fraction of sp³-hybridized carbons (Fsp3) is 0.800. The molecule has 0 spiro atoms. The van der Waals surface area contributed by atoms with Crippen LogP contribution in [0.3, 0.4) is 0 Å². The third kappa shape index (κ3) is 3.18. The summed E-state index contributed by atoms with van der Waals surface area (Å²) in [4.78, 5) is 25.9. The summed E-state index contributed by atoms with van der Waals surface area (Å²) in [6.07, 6.45) is 1.78. The molecule has 0 bridgehead atoms. The summed E-state index contributed by atoms with van der Waals surface area (Å²) in [5, 5.41) is 8.79. The first-order valence-electron chi connectivity index (χ1n) is 5.70. The van der Waals surface area contributed by atoms with Crippen LogP contribution in [0.2, 0.25) is 0 Å². The molecule has 0 aromatic carbocycles. The van der Waals surface area contributed by atoms with Crippen LogP contribution in [0.1, 0.15) is 12.8 Å². The Balaban J connectivity index is 1.95. The highest BCUT2D eigenvalue weighted by atomic mass is 32.2. The number of hydrogen-bond donors (Lipinski definition) is 1. The number of amides is 2. The average molecular weight is 260 g/mol. The largest absolute Gasteiger partial charge is 0.480 e. The molecule has 2 fully saturated rings. The second kappa shape index (κ2) is 5.03. The van der Waals surface area contributed by atoms with Gasteiger partial charge in [0.1, 0.15) is 6.54 Å². The van der Waals surface area contributed by atoms with Crippen LogP contribution >= 0.6 is 0 Å². The predicted molar refractivity (Wildman–Crippen MR) is 62.2 cm³/mol. The Morgan fingerprint density at radius 1 is 1.29 bits per heavy atom. The molecule has 1 saturated carbocycles. The third-order valence-corrected chi connectivity index (χ3v) is 4.26. The molecule has 0 aromatic rings. The van der Waals surface area contributed by atoms with E-state index in [-0.39, 0.29) is 18.6 Å². The van der Waals surface area contributed by atoms with Gasteiger partial charge in [0.2, 0.25) is 0 Å². The standard InChI is InChI=1S/C10H16N2O4S/c13-9(14)7-12(8-1-2-8)10(15)11-3-5-17(16)6-4-11/h8H,1-7H2,(H,13,14). The molecule has 7 heteroatoms. The molecule has 17 heavy (non-hydrogen) atoms. The van der Waals surface area contributed by atoms with Crippen molar-refractivity contribution in [1.29, 1.82) is 0 Å². The number of carboxylic acid groups (broad SMARTS) is 1. The van der Waals surface area contributed by atoms with Gasteiger partial charge >= 0.3 is 12.0 Å². The molecule has 1 heterocycles. The maximum absolute atomic E-state index is 12.1. The van der Waals surface area contributed by atoms with Crippen LogP contribution in [-0.2, 0) is 15.6 Å². The fourth-order valence-electron chi connectivity index (χ4n) is 1.90. The Labute approximate surface area is 102 Å². The molecule has 0 aromatic heterocycles. The number of rotatable bonds is 3. The van der Waals surface area contributed by atoms with E-state index in [0.29, 0.717) is 24.6 Å². The minimum atomic E-state index is -0.981. The molecule has 1 saturated heterocycles. The summed E-state index contributed by atoms with van der Waals surface area (Å²) in [7, 11) is -0.825. The van der Waals surface area contributed by atoms with Gasteiger partial charge in [-0.25, -0.2) is 4.79 Å². The summed E-state index contributed by atoms with van der Waals surface area (Å²) in [6.45, 7) is 0.700. The Morgan fingerprint density at radius 2 is 1.88 bits per heavy atom. The zero-order valence-electron chi connectivity index (χ0n) is 9.50. The van der Waals surface area contributed by atoms with Crippen molar-refractivity contribution < 1.29 is 18.9 Å². The number of aliphatic carboxylic acids is 1. The third-order valence-electron chi connectivity index (χ3n) is 2.99. The molecule has 1 aliphatic heterocycles. The van der Waals surface area contributed by atoms with Crippen molar-refractivity contribution in [1.82, 2.24) is 9.80 Å². The number of nitrogens with zero attached hydrogens (tertiary/aromatic N) is 2. The zero-order valence-corrected chi connectivity index (χ0v) is 10.3. The molecule has 6 nitrogen and oxygen atoms in total. The summed E-state index contributed by atoms with van der Waals surface area (Å²) in [6, 6.07) is -0.127. The van der Waals surface area contributed by atoms with Gasteiger partial charge in [-0.3, -0.25) is 9.00 Å². The van der Waals surface area contributed by atoms with Crippen molar-refractivity contribution in [3.8, 4) is 0 Å². The van der Waals surface area contributed by atoms with Crippen LogP contribution in [0, 0.1) is 0 Å². The highest BCUT2D eigenvalue weighted by Crippen LogP contribution is 2.27. The second-order valence-corrected chi connectivity index (χ2v) is 6.07. The van der Waals surface area contributed by atoms with Crippen LogP contribution in [-0.4, -0.2) is 68.3 Å². The van der Waals surface area contributed by atoms with Gasteiger partial charge in [-0.1, -0.05) is 0 Å². The Hall–Kier alpha value is -1.11. The molecule has 1 N–H and O–H groups in total. The lowest BCUT2D eigenvalue weighted by Gasteiger charge is -2.32. The van der Waals surface area contributed by atoms with E-state index in [1.807, 2.05) is 0 Å².